The van der Waals surface area contributed by atoms with E-state index in [1.165, 1.54) is 5.56 Å². The Morgan fingerprint density at radius 1 is 0.839 bits per heavy atom. The molecule has 1 saturated carbocycles. The van der Waals surface area contributed by atoms with Crippen molar-refractivity contribution in [3.63, 3.8) is 0 Å². The lowest BCUT2D eigenvalue weighted by Gasteiger charge is -2.29. The quantitative estimate of drug-likeness (QED) is 0.420. The zero-order valence-electron chi connectivity index (χ0n) is 17.8. The molecule has 0 heterocycles. The topological polar surface area (TPSA) is 23.8 Å². The summed E-state index contributed by atoms with van der Waals surface area (Å²) in [5.74, 6) is -0.151. The van der Waals surface area contributed by atoms with Crippen molar-refractivity contribution in [3.8, 4) is 6.07 Å². The van der Waals surface area contributed by atoms with Gasteiger partial charge in [-0.15, -0.1) is 0 Å². The molecule has 4 rings (SSSR count). The second-order valence-corrected chi connectivity index (χ2v) is 8.76. The van der Waals surface area contributed by atoms with E-state index in [0.717, 1.165) is 36.8 Å². The van der Waals surface area contributed by atoms with Gasteiger partial charge in [0.25, 0.3) is 0 Å². The molecule has 0 bridgehead atoms. The summed E-state index contributed by atoms with van der Waals surface area (Å²) in [6.45, 7) is 2.01. The number of nitriles is 1. The van der Waals surface area contributed by atoms with Crippen LogP contribution in [0.1, 0.15) is 78.2 Å². The molecule has 0 aliphatic heterocycles. The van der Waals surface area contributed by atoms with Gasteiger partial charge in [-0.25, -0.2) is 8.78 Å². The first-order valence-electron chi connectivity index (χ1n) is 11.1. The molecule has 0 saturated heterocycles. The third-order valence-electron chi connectivity index (χ3n) is 6.75. The van der Waals surface area contributed by atoms with Crippen LogP contribution in [0.25, 0.3) is 0 Å². The summed E-state index contributed by atoms with van der Waals surface area (Å²) < 4.78 is 29.8. The fourth-order valence-electron chi connectivity index (χ4n) is 4.85. The first-order chi connectivity index (χ1) is 15.0. The molecular formula is C28H27F2N. The van der Waals surface area contributed by atoms with E-state index in [1.807, 2.05) is 61.5 Å². The Morgan fingerprint density at radius 2 is 1.39 bits per heavy atom. The summed E-state index contributed by atoms with van der Waals surface area (Å²) in [4.78, 5) is 0. The molecule has 3 aromatic rings. The molecule has 0 spiro atoms. The molecule has 1 nitrogen and oxygen atoms in total. The fraction of sp³-hybridized carbons (Fsp3) is 0.321. The van der Waals surface area contributed by atoms with Crippen molar-refractivity contribution in [3.05, 3.63) is 106 Å². The maximum atomic E-state index is 14.9. The van der Waals surface area contributed by atoms with Crippen LogP contribution in [-0.4, -0.2) is 0 Å². The van der Waals surface area contributed by atoms with Crippen LogP contribution in [0.3, 0.4) is 0 Å². The summed E-state index contributed by atoms with van der Waals surface area (Å²) in [6.07, 6.45) is 4.18. The number of benzene rings is 3. The Kier molecular flexibility index (Phi) is 6.47. The Bertz CT molecular complexity index is 1040. The number of hydrogen-bond acceptors (Lipinski definition) is 1. The van der Waals surface area contributed by atoms with Crippen LogP contribution in [0.15, 0.2) is 66.7 Å². The summed E-state index contributed by atoms with van der Waals surface area (Å²) >= 11 is 0. The molecule has 0 aromatic heterocycles. The van der Waals surface area contributed by atoms with Crippen LogP contribution in [-0.2, 0) is 6.42 Å². The lowest BCUT2D eigenvalue weighted by Crippen LogP contribution is -2.13. The van der Waals surface area contributed by atoms with Gasteiger partial charge in [0.1, 0.15) is 11.6 Å². The third kappa shape index (κ3) is 4.85. The van der Waals surface area contributed by atoms with Crippen molar-refractivity contribution in [1.29, 1.82) is 5.26 Å². The summed E-state index contributed by atoms with van der Waals surface area (Å²) in [5.41, 5.74) is 3.98. The molecule has 31 heavy (non-hydrogen) atoms. The third-order valence-corrected chi connectivity index (χ3v) is 6.75. The molecule has 0 radical (unpaired) electrons. The molecule has 1 aliphatic rings. The van der Waals surface area contributed by atoms with Gasteiger partial charge >= 0.3 is 0 Å². The maximum absolute atomic E-state index is 14.9. The Labute approximate surface area is 183 Å². The zero-order valence-corrected chi connectivity index (χ0v) is 17.8. The van der Waals surface area contributed by atoms with E-state index < -0.39 is 11.6 Å². The van der Waals surface area contributed by atoms with E-state index in [-0.39, 0.29) is 17.4 Å². The number of rotatable bonds is 5. The van der Waals surface area contributed by atoms with Crippen LogP contribution in [0, 0.1) is 23.0 Å². The minimum absolute atomic E-state index is 0.0545. The first-order valence-corrected chi connectivity index (χ1v) is 11.1. The lowest BCUT2D eigenvalue weighted by atomic mass is 9.76. The van der Waals surface area contributed by atoms with Crippen LogP contribution >= 0.6 is 0 Å². The second kappa shape index (κ2) is 9.43. The van der Waals surface area contributed by atoms with E-state index in [1.54, 1.807) is 12.1 Å². The van der Waals surface area contributed by atoms with Crippen LogP contribution < -0.4 is 0 Å². The molecule has 3 aromatic carbocycles. The highest BCUT2D eigenvalue weighted by Gasteiger charge is 2.25. The molecule has 158 valence electrons. The Balaban J connectivity index is 1.43. The van der Waals surface area contributed by atoms with Gasteiger partial charge in [0.2, 0.25) is 0 Å². The fourth-order valence-corrected chi connectivity index (χ4v) is 4.85. The second-order valence-electron chi connectivity index (χ2n) is 8.76. The van der Waals surface area contributed by atoms with Crippen LogP contribution in [0.5, 0.6) is 0 Å². The standard InChI is InChI=1S/C28H27F2N/c1-19(21-5-3-2-4-6-21)15-26-27(29)16-25(17-28(26)30)24-13-11-23(12-14-24)22-9-7-20(18-31)8-10-22/h2-10,16-17,19,23-24H,11-15H2,1H3/t19-,23?,24?/m0/s1. The van der Waals surface area contributed by atoms with Gasteiger partial charge in [-0.05, 0) is 90.8 Å². The SMILES string of the molecule is C[C@@H](Cc1c(F)cc(C2CCC(c3ccc(C#N)cc3)CC2)cc1F)c1ccccc1. The average Bonchev–Trinajstić information content (AvgIpc) is 2.82. The number of hydrogen-bond donors (Lipinski definition) is 0. The van der Waals surface area contributed by atoms with E-state index >= 15 is 0 Å². The van der Waals surface area contributed by atoms with E-state index in [4.69, 9.17) is 5.26 Å². The van der Waals surface area contributed by atoms with Crippen molar-refractivity contribution >= 4 is 0 Å². The minimum Gasteiger partial charge on any atom is -0.207 e. The molecular weight excluding hydrogens is 388 g/mol. The lowest BCUT2D eigenvalue weighted by molar-refractivity contribution is 0.393. The Hall–Kier alpha value is -2.99. The molecule has 1 fully saturated rings. The average molecular weight is 416 g/mol. The van der Waals surface area contributed by atoms with Crippen molar-refractivity contribution in [2.45, 2.75) is 56.8 Å². The smallest absolute Gasteiger partial charge is 0.129 e. The van der Waals surface area contributed by atoms with Crippen molar-refractivity contribution < 1.29 is 8.78 Å². The maximum Gasteiger partial charge on any atom is 0.129 e. The first kappa shape index (κ1) is 21.2. The molecule has 0 N–H and O–H groups in total. The van der Waals surface area contributed by atoms with Crippen molar-refractivity contribution in [2.75, 3.05) is 0 Å². The van der Waals surface area contributed by atoms with E-state index in [9.17, 15) is 8.78 Å². The highest BCUT2D eigenvalue weighted by atomic mass is 19.1. The van der Waals surface area contributed by atoms with Gasteiger partial charge in [0.05, 0.1) is 11.6 Å². The Morgan fingerprint density at radius 3 is 1.94 bits per heavy atom. The van der Waals surface area contributed by atoms with Crippen LogP contribution in [0.2, 0.25) is 0 Å². The van der Waals surface area contributed by atoms with Gasteiger partial charge < -0.3 is 0 Å². The van der Waals surface area contributed by atoms with Crippen LogP contribution in [0.4, 0.5) is 8.78 Å². The van der Waals surface area contributed by atoms with Gasteiger partial charge in [-0.1, -0.05) is 49.4 Å². The summed E-state index contributed by atoms with van der Waals surface area (Å²) in [7, 11) is 0. The van der Waals surface area contributed by atoms with E-state index in [2.05, 4.69) is 6.07 Å². The van der Waals surface area contributed by atoms with Gasteiger partial charge in [-0.2, -0.15) is 5.26 Å². The molecule has 1 aliphatic carbocycles. The number of halogens is 2. The normalized spacial score (nSPS) is 19.5. The predicted octanol–water partition coefficient (Wildman–Crippen LogP) is 7.62. The van der Waals surface area contributed by atoms with Gasteiger partial charge in [0, 0.05) is 5.56 Å². The summed E-state index contributed by atoms with van der Waals surface area (Å²) in [5, 5.41) is 8.96. The van der Waals surface area contributed by atoms with Crippen molar-refractivity contribution in [1.82, 2.24) is 0 Å². The van der Waals surface area contributed by atoms with Crippen molar-refractivity contribution in [2.24, 2.45) is 0 Å². The highest BCUT2D eigenvalue weighted by Crippen LogP contribution is 2.41. The molecule has 1 atom stereocenters. The molecule has 0 unspecified atom stereocenters. The largest absolute Gasteiger partial charge is 0.207 e. The molecule has 3 heteroatoms. The highest BCUT2D eigenvalue weighted by molar-refractivity contribution is 5.34. The number of nitrogens with zero attached hydrogens (tertiary/aromatic N) is 1. The van der Waals surface area contributed by atoms with Gasteiger partial charge in [0.15, 0.2) is 0 Å². The monoisotopic (exact) mass is 415 g/mol. The minimum atomic E-state index is -0.424. The molecule has 0 amide bonds. The van der Waals surface area contributed by atoms with E-state index in [0.29, 0.717) is 17.9 Å². The zero-order chi connectivity index (χ0) is 21.8. The summed E-state index contributed by atoms with van der Waals surface area (Å²) in [6, 6.07) is 22.9. The predicted molar refractivity (Wildman–Crippen MR) is 120 cm³/mol. The van der Waals surface area contributed by atoms with Gasteiger partial charge in [-0.3, -0.25) is 0 Å².